The summed E-state index contributed by atoms with van der Waals surface area (Å²) >= 11 is 0. The van der Waals surface area contributed by atoms with Gasteiger partial charge in [0.2, 0.25) is 0 Å². The second-order valence-corrected chi connectivity index (χ2v) is 6.30. The molecule has 1 fully saturated rings. The number of esters is 1. The van der Waals surface area contributed by atoms with E-state index < -0.39 is 0 Å². The van der Waals surface area contributed by atoms with Gasteiger partial charge in [-0.15, -0.1) is 0 Å². The van der Waals surface area contributed by atoms with Crippen LogP contribution in [0.15, 0.2) is 48.7 Å². The second kappa shape index (κ2) is 9.17. The van der Waals surface area contributed by atoms with Gasteiger partial charge >= 0.3 is 5.97 Å². The number of benzene rings is 1. The molecule has 2 heterocycles. The normalized spacial score (nSPS) is 17.0. The largest absolute Gasteiger partial charge is 0.493 e. The molecule has 1 aliphatic heterocycles. The molecule has 1 aliphatic rings. The Hall–Kier alpha value is -2.63. The van der Waals surface area contributed by atoms with Crippen molar-refractivity contribution < 1.29 is 18.7 Å². The lowest BCUT2D eigenvalue weighted by Gasteiger charge is -2.32. The van der Waals surface area contributed by atoms with Gasteiger partial charge in [-0.25, -0.2) is 9.37 Å². The molecular formula is C20H23FN2O3. The van der Waals surface area contributed by atoms with Crippen molar-refractivity contribution in [2.75, 3.05) is 31.2 Å². The van der Waals surface area contributed by atoms with Gasteiger partial charge in [0.1, 0.15) is 17.4 Å². The molecule has 0 N–H and O–H groups in total. The quantitative estimate of drug-likeness (QED) is 0.560. The van der Waals surface area contributed by atoms with Crippen LogP contribution in [0.4, 0.5) is 10.2 Å². The molecule has 1 aromatic heterocycles. The summed E-state index contributed by atoms with van der Waals surface area (Å²) < 4.78 is 23.7. The maximum Gasteiger partial charge on any atom is 0.310 e. The molecule has 3 rings (SSSR count). The lowest BCUT2D eigenvalue weighted by Crippen LogP contribution is -2.39. The van der Waals surface area contributed by atoms with Gasteiger partial charge in [0, 0.05) is 25.7 Å². The van der Waals surface area contributed by atoms with Gasteiger partial charge < -0.3 is 14.4 Å². The van der Waals surface area contributed by atoms with E-state index >= 15 is 0 Å². The number of piperidine rings is 1. The van der Waals surface area contributed by atoms with Gasteiger partial charge in [0.15, 0.2) is 0 Å². The minimum absolute atomic E-state index is 0.122. The third-order valence-electron chi connectivity index (χ3n) is 4.34. The van der Waals surface area contributed by atoms with Crippen molar-refractivity contribution in [3.63, 3.8) is 0 Å². The van der Waals surface area contributed by atoms with Crippen LogP contribution in [0.2, 0.25) is 0 Å². The van der Waals surface area contributed by atoms with Crippen LogP contribution in [0.5, 0.6) is 5.75 Å². The molecule has 1 atom stereocenters. The predicted octanol–water partition coefficient (Wildman–Crippen LogP) is 3.45. The van der Waals surface area contributed by atoms with Crippen molar-refractivity contribution in [3.05, 3.63) is 54.5 Å². The summed E-state index contributed by atoms with van der Waals surface area (Å²) in [4.78, 5) is 18.8. The van der Waals surface area contributed by atoms with Crippen LogP contribution < -0.4 is 9.64 Å². The van der Waals surface area contributed by atoms with Crippen LogP contribution in [0.1, 0.15) is 19.3 Å². The molecule has 5 nitrogen and oxygen atoms in total. The van der Waals surface area contributed by atoms with Crippen LogP contribution in [0.3, 0.4) is 0 Å². The Balaban J connectivity index is 1.37. The Labute approximate surface area is 152 Å². The topological polar surface area (TPSA) is 51.7 Å². The molecule has 0 unspecified atom stereocenters. The van der Waals surface area contributed by atoms with Gasteiger partial charge in [-0.05, 0) is 49.2 Å². The van der Waals surface area contributed by atoms with Crippen LogP contribution in [-0.2, 0) is 9.53 Å². The van der Waals surface area contributed by atoms with E-state index in [2.05, 4.69) is 9.88 Å². The van der Waals surface area contributed by atoms with E-state index in [1.807, 2.05) is 18.2 Å². The van der Waals surface area contributed by atoms with Crippen molar-refractivity contribution in [2.45, 2.75) is 19.3 Å². The average Bonchev–Trinajstić information content (AvgIpc) is 2.70. The summed E-state index contributed by atoms with van der Waals surface area (Å²) in [5, 5.41) is 0. The van der Waals surface area contributed by atoms with Crippen molar-refractivity contribution in [1.82, 2.24) is 4.98 Å². The highest BCUT2D eigenvalue weighted by Gasteiger charge is 2.27. The lowest BCUT2D eigenvalue weighted by atomic mass is 9.98. The SMILES string of the molecule is O=C(OCCCOc1ccc(F)cc1)[C@@H]1CCCN(c2ccccn2)C1. The van der Waals surface area contributed by atoms with Gasteiger partial charge in [-0.1, -0.05) is 6.07 Å². The van der Waals surface area contributed by atoms with Crippen LogP contribution in [-0.4, -0.2) is 37.3 Å². The Kier molecular flexibility index (Phi) is 6.41. The Morgan fingerprint density at radius 3 is 2.81 bits per heavy atom. The molecular weight excluding hydrogens is 335 g/mol. The first-order chi connectivity index (χ1) is 12.7. The van der Waals surface area contributed by atoms with Crippen molar-refractivity contribution >= 4 is 11.8 Å². The number of rotatable bonds is 7. The molecule has 1 aromatic carbocycles. The molecule has 1 saturated heterocycles. The molecule has 6 heteroatoms. The highest BCUT2D eigenvalue weighted by atomic mass is 19.1. The van der Waals surface area contributed by atoms with Crippen LogP contribution in [0.25, 0.3) is 0 Å². The van der Waals surface area contributed by atoms with E-state index in [4.69, 9.17) is 9.47 Å². The van der Waals surface area contributed by atoms with Crippen molar-refractivity contribution in [3.8, 4) is 5.75 Å². The zero-order valence-electron chi connectivity index (χ0n) is 14.6. The molecule has 0 amide bonds. The first kappa shape index (κ1) is 18.2. The summed E-state index contributed by atoms with van der Waals surface area (Å²) in [6, 6.07) is 11.7. The third-order valence-corrected chi connectivity index (χ3v) is 4.34. The van der Waals surface area contributed by atoms with Gasteiger partial charge in [-0.3, -0.25) is 4.79 Å². The molecule has 26 heavy (non-hydrogen) atoms. The zero-order chi connectivity index (χ0) is 18.2. The number of pyridine rings is 1. The number of hydrogen-bond donors (Lipinski definition) is 0. The maximum atomic E-state index is 12.8. The fourth-order valence-electron chi connectivity index (χ4n) is 2.99. The van der Waals surface area contributed by atoms with Crippen molar-refractivity contribution in [2.24, 2.45) is 5.92 Å². The number of anilines is 1. The monoisotopic (exact) mass is 358 g/mol. The summed E-state index contributed by atoms with van der Waals surface area (Å²) in [5.74, 6) is 0.934. The summed E-state index contributed by atoms with van der Waals surface area (Å²) in [7, 11) is 0. The number of aromatic nitrogens is 1. The number of hydrogen-bond acceptors (Lipinski definition) is 5. The maximum absolute atomic E-state index is 12.8. The summed E-state index contributed by atoms with van der Waals surface area (Å²) in [6.45, 7) is 2.29. The summed E-state index contributed by atoms with van der Waals surface area (Å²) in [6.07, 6.45) is 4.15. The predicted molar refractivity (Wildman–Crippen MR) is 96.6 cm³/mol. The fraction of sp³-hybridized carbons (Fsp3) is 0.400. The van der Waals surface area contributed by atoms with Crippen LogP contribution >= 0.6 is 0 Å². The van der Waals surface area contributed by atoms with Gasteiger partial charge in [-0.2, -0.15) is 0 Å². The van der Waals surface area contributed by atoms with Gasteiger partial charge in [0.25, 0.3) is 0 Å². The smallest absolute Gasteiger partial charge is 0.310 e. The fourth-order valence-corrected chi connectivity index (χ4v) is 2.99. The van der Waals surface area contributed by atoms with Gasteiger partial charge in [0.05, 0.1) is 19.1 Å². The number of ether oxygens (including phenoxy) is 2. The highest BCUT2D eigenvalue weighted by molar-refractivity contribution is 5.73. The molecule has 2 aromatic rings. The number of nitrogens with zero attached hydrogens (tertiary/aromatic N) is 2. The Morgan fingerprint density at radius 1 is 1.19 bits per heavy atom. The van der Waals surface area contributed by atoms with E-state index in [0.29, 0.717) is 31.9 Å². The van der Waals surface area contributed by atoms with E-state index in [-0.39, 0.29) is 17.7 Å². The highest BCUT2D eigenvalue weighted by Crippen LogP contribution is 2.22. The molecule has 0 spiro atoms. The van der Waals surface area contributed by atoms with E-state index in [1.165, 1.54) is 12.1 Å². The Bertz CT molecular complexity index is 694. The minimum Gasteiger partial charge on any atom is -0.493 e. The minimum atomic E-state index is -0.293. The standard InChI is InChI=1S/C20H23FN2O3/c21-17-7-9-18(10-8-17)25-13-4-14-26-20(24)16-5-3-12-23(15-16)19-6-1-2-11-22-19/h1-2,6-11,16H,3-5,12-15H2/t16-/m1/s1. The molecule has 138 valence electrons. The molecule has 0 radical (unpaired) electrons. The lowest BCUT2D eigenvalue weighted by molar-refractivity contribution is -0.149. The molecule has 0 bridgehead atoms. The first-order valence-electron chi connectivity index (χ1n) is 8.93. The third kappa shape index (κ3) is 5.18. The molecule has 0 aliphatic carbocycles. The number of carbonyl (C=O) groups is 1. The molecule has 0 saturated carbocycles. The van der Waals surface area contributed by atoms with Crippen LogP contribution in [0, 0.1) is 11.7 Å². The number of carbonyl (C=O) groups excluding carboxylic acids is 1. The second-order valence-electron chi connectivity index (χ2n) is 6.30. The summed E-state index contributed by atoms with van der Waals surface area (Å²) in [5.41, 5.74) is 0. The van der Waals surface area contributed by atoms with E-state index in [1.54, 1.807) is 18.3 Å². The first-order valence-corrected chi connectivity index (χ1v) is 8.93. The van der Waals surface area contributed by atoms with E-state index in [9.17, 15) is 9.18 Å². The average molecular weight is 358 g/mol. The van der Waals surface area contributed by atoms with Crippen molar-refractivity contribution in [1.29, 1.82) is 0 Å². The number of halogens is 1. The zero-order valence-corrected chi connectivity index (χ0v) is 14.6. The van der Waals surface area contributed by atoms with E-state index in [0.717, 1.165) is 25.2 Å². The Morgan fingerprint density at radius 2 is 2.04 bits per heavy atom.